The number of hydrogen-bond donors (Lipinski definition) is 1. The van der Waals surface area contributed by atoms with Crippen molar-refractivity contribution in [2.75, 3.05) is 0 Å². The van der Waals surface area contributed by atoms with Crippen LogP contribution in [0.4, 0.5) is 8.78 Å². The van der Waals surface area contributed by atoms with E-state index in [4.69, 9.17) is 38.3 Å². The Bertz CT molecular complexity index is 1070. The summed E-state index contributed by atoms with van der Waals surface area (Å²) in [5, 5.41) is 18.0. The van der Waals surface area contributed by atoms with Gasteiger partial charge in [-0.1, -0.05) is 51.3 Å². The zero-order chi connectivity index (χ0) is 21.7. The second-order valence-corrected chi connectivity index (χ2v) is 7.65. The van der Waals surface area contributed by atoms with Crippen molar-refractivity contribution >= 4 is 39.1 Å². The average molecular weight is 501 g/mol. The van der Waals surface area contributed by atoms with E-state index in [1.165, 1.54) is 18.2 Å². The summed E-state index contributed by atoms with van der Waals surface area (Å²) >= 11 is 14.6. The van der Waals surface area contributed by atoms with Gasteiger partial charge in [-0.3, -0.25) is 0 Å². The summed E-state index contributed by atoms with van der Waals surface area (Å²) in [5.41, 5.74) is 1.24. The Labute approximate surface area is 185 Å². The first-order valence-corrected chi connectivity index (χ1v) is 9.65. The molecule has 0 unspecified atom stereocenters. The minimum absolute atomic E-state index is 0.0383. The molecular weight excluding hydrogens is 487 g/mol. The molecule has 150 valence electrons. The highest BCUT2D eigenvalue weighted by atomic mass is 79.9. The lowest BCUT2D eigenvalue weighted by Gasteiger charge is -2.10. The van der Waals surface area contributed by atoms with Gasteiger partial charge in [-0.25, -0.2) is 8.78 Å². The normalized spacial score (nSPS) is 10.0. The minimum atomic E-state index is -0.646. The predicted molar refractivity (Wildman–Crippen MR) is 113 cm³/mol. The van der Waals surface area contributed by atoms with Crippen molar-refractivity contribution in [3.05, 3.63) is 85.3 Å². The van der Waals surface area contributed by atoms with Crippen LogP contribution in [0.2, 0.25) is 10.0 Å². The molecule has 0 aliphatic heterocycles. The summed E-state index contributed by atoms with van der Waals surface area (Å²) in [6, 6.07) is 12.9. The van der Waals surface area contributed by atoms with Crippen molar-refractivity contribution < 1.29 is 18.6 Å². The van der Waals surface area contributed by atoms with Crippen molar-refractivity contribution in [3.8, 4) is 23.3 Å². The van der Waals surface area contributed by atoms with E-state index in [-0.39, 0.29) is 15.8 Å². The van der Waals surface area contributed by atoms with Crippen molar-refractivity contribution in [1.82, 2.24) is 0 Å². The number of halogens is 5. The van der Waals surface area contributed by atoms with Gasteiger partial charge in [-0.15, -0.1) is 0 Å². The fraction of sp³-hybridized carbons (Fsp3) is 0.0952. The molecule has 0 aromatic heterocycles. The molecule has 0 fully saturated rings. The molecule has 1 N–H and O–H groups in total. The summed E-state index contributed by atoms with van der Waals surface area (Å²) in [6.07, 6.45) is 0. The molecule has 3 rings (SSSR count). The monoisotopic (exact) mass is 499 g/mol. The van der Waals surface area contributed by atoms with Crippen LogP contribution in [0.25, 0.3) is 0 Å². The molecule has 0 radical (unpaired) electrons. The van der Waals surface area contributed by atoms with Crippen molar-refractivity contribution in [2.45, 2.75) is 13.8 Å². The Balaban J connectivity index is 0.000000253. The second-order valence-electron chi connectivity index (χ2n) is 5.92. The minimum Gasteiger partial charge on any atom is -0.504 e. The molecule has 0 bridgehead atoms. The molecule has 0 amide bonds. The summed E-state index contributed by atoms with van der Waals surface area (Å²) < 4.78 is 32.7. The van der Waals surface area contributed by atoms with Gasteiger partial charge in [0, 0.05) is 4.47 Å². The van der Waals surface area contributed by atoms with E-state index in [0.29, 0.717) is 26.9 Å². The summed E-state index contributed by atoms with van der Waals surface area (Å²) in [6.45, 7) is 3.19. The molecule has 0 aliphatic rings. The van der Waals surface area contributed by atoms with Crippen LogP contribution in [0.3, 0.4) is 0 Å². The zero-order valence-corrected chi connectivity index (χ0v) is 18.3. The quantitative estimate of drug-likeness (QED) is 0.392. The first kappa shape index (κ1) is 23.0. The van der Waals surface area contributed by atoms with Crippen LogP contribution in [-0.4, -0.2) is 5.11 Å². The molecule has 0 saturated heterocycles. The van der Waals surface area contributed by atoms with Crippen LogP contribution in [0.1, 0.15) is 16.7 Å². The number of aromatic hydroxyl groups is 1. The third kappa shape index (κ3) is 5.83. The van der Waals surface area contributed by atoms with Crippen molar-refractivity contribution in [3.63, 3.8) is 0 Å². The third-order valence-electron chi connectivity index (χ3n) is 3.72. The summed E-state index contributed by atoms with van der Waals surface area (Å²) in [4.78, 5) is 0. The first-order valence-electron chi connectivity index (χ1n) is 8.10. The molecular formula is C21H14BrCl2F2NO2. The number of nitriles is 1. The van der Waals surface area contributed by atoms with E-state index in [2.05, 4.69) is 15.9 Å². The number of phenolic OH excluding ortho intramolecular Hbond substituents is 1. The Morgan fingerprint density at radius 2 is 1.55 bits per heavy atom. The molecule has 29 heavy (non-hydrogen) atoms. The highest BCUT2D eigenvalue weighted by Gasteiger charge is 2.13. The Morgan fingerprint density at radius 1 is 0.966 bits per heavy atom. The number of rotatable bonds is 2. The van der Waals surface area contributed by atoms with Crippen LogP contribution in [0.15, 0.2) is 46.9 Å². The molecule has 3 aromatic rings. The SMILES string of the molecule is Cc1ccc(Cl)c(O)c1F.Cc1ccc(Cl)c(Oc2cc(Br)cc(C#N)c2)c1F. The summed E-state index contributed by atoms with van der Waals surface area (Å²) in [5.74, 6) is -1.32. The lowest BCUT2D eigenvalue weighted by atomic mass is 10.2. The highest BCUT2D eigenvalue weighted by Crippen LogP contribution is 2.35. The average Bonchev–Trinajstić information content (AvgIpc) is 2.69. The molecule has 0 spiro atoms. The Kier molecular flexibility index (Phi) is 7.86. The van der Waals surface area contributed by atoms with Gasteiger partial charge < -0.3 is 9.84 Å². The van der Waals surface area contributed by atoms with Crippen LogP contribution in [-0.2, 0) is 0 Å². The van der Waals surface area contributed by atoms with Gasteiger partial charge in [0.2, 0.25) is 0 Å². The smallest absolute Gasteiger partial charge is 0.181 e. The number of ether oxygens (including phenoxy) is 1. The number of phenols is 1. The zero-order valence-electron chi connectivity index (χ0n) is 15.2. The van der Waals surface area contributed by atoms with E-state index >= 15 is 0 Å². The first-order chi connectivity index (χ1) is 13.6. The van der Waals surface area contributed by atoms with Crippen molar-refractivity contribution in [1.29, 1.82) is 5.26 Å². The maximum atomic E-state index is 13.9. The van der Waals surface area contributed by atoms with Gasteiger partial charge in [0.15, 0.2) is 23.1 Å². The largest absolute Gasteiger partial charge is 0.504 e. The fourth-order valence-electron chi connectivity index (χ4n) is 2.17. The highest BCUT2D eigenvalue weighted by molar-refractivity contribution is 9.10. The van der Waals surface area contributed by atoms with Gasteiger partial charge >= 0.3 is 0 Å². The van der Waals surface area contributed by atoms with Crippen LogP contribution in [0, 0.1) is 36.8 Å². The van der Waals surface area contributed by atoms with E-state index in [0.717, 1.165) is 0 Å². The summed E-state index contributed by atoms with van der Waals surface area (Å²) in [7, 11) is 0. The standard InChI is InChI=1S/C14H8BrClFNO.C7H6ClFO/c1-8-2-3-12(16)14(13(8)17)19-11-5-9(7-18)4-10(15)6-11;1-4-2-3-5(8)7(10)6(4)9/h2-6H,1H3;2-3,10H,1H3. The van der Waals surface area contributed by atoms with Gasteiger partial charge in [-0.05, 0) is 55.3 Å². The number of benzene rings is 3. The Morgan fingerprint density at radius 3 is 2.14 bits per heavy atom. The van der Waals surface area contributed by atoms with Gasteiger partial charge in [0.05, 0.1) is 21.7 Å². The molecule has 0 atom stereocenters. The molecule has 0 heterocycles. The van der Waals surface area contributed by atoms with Crippen LogP contribution < -0.4 is 4.74 Å². The maximum Gasteiger partial charge on any atom is 0.181 e. The molecule has 8 heteroatoms. The van der Waals surface area contributed by atoms with E-state index < -0.39 is 17.4 Å². The Hall–Kier alpha value is -2.33. The molecule has 0 saturated carbocycles. The molecule has 3 aromatic carbocycles. The van der Waals surface area contributed by atoms with E-state index in [1.807, 2.05) is 6.07 Å². The third-order valence-corrected chi connectivity index (χ3v) is 4.78. The lowest BCUT2D eigenvalue weighted by molar-refractivity contribution is 0.430. The number of hydrogen-bond acceptors (Lipinski definition) is 3. The van der Waals surface area contributed by atoms with Crippen molar-refractivity contribution in [2.24, 2.45) is 0 Å². The van der Waals surface area contributed by atoms with Crippen LogP contribution in [0.5, 0.6) is 17.2 Å². The van der Waals surface area contributed by atoms with Gasteiger partial charge in [0.1, 0.15) is 5.75 Å². The fourth-order valence-corrected chi connectivity index (χ4v) is 2.97. The lowest BCUT2D eigenvalue weighted by Crippen LogP contribution is -1.93. The maximum absolute atomic E-state index is 13.9. The van der Waals surface area contributed by atoms with Gasteiger partial charge in [-0.2, -0.15) is 5.26 Å². The molecule has 0 aliphatic carbocycles. The number of aryl methyl sites for hydroxylation is 2. The van der Waals surface area contributed by atoms with E-state index in [1.54, 1.807) is 38.1 Å². The van der Waals surface area contributed by atoms with E-state index in [9.17, 15) is 8.78 Å². The number of nitrogens with zero attached hydrogens (tertiary/aromatic N) is 1. The van der Waals surface area contributed by atoms with Crippen LogP contribution >= 0.6 is 39.1 Å². The molecule has 3 nitrogen and oxygen atoms in total. The predicted octanol–water partition coefficient (Wildman–Crippen LogP) is 7.71. The topological polar surface area (TPSA) is 53.2 Å². The second kappa shape index (κ2) is 9.93. The van der Waals surface area contributed by atoms with Gasteiger partial charge in [0.25, 0.3) is 0 Å².